The Balaban J connectivity index is 2.59. The van der Waals surface area contributed by atoms with E-state index < -0.39 is 0 Å². The maximum absolute atomic E-state index is 12.0. The average molecular weight is 252 g/mol. The number of hydrogen-bond donors (Lipinski definition) is 0. The van der Waals surface area contributed by atoms with Gasteiger partial charge in [-0.15, -0.1) is 0 Å². The highest BCUT2D eigenvalue weighted by Crippen LogP contribution is 2.19. The molecule has 0 amide bonds. The zero-order valence-corrected chi connectivity index (χ0v) is 11.0. The van der Waals surface area contributed by atoms with Crippen molar-refractivity contribution in [2.75, 3.05) is 33.5 Å². The molecule has 0 saturated heterocycles. The van der Waals surface area contributed by atoms with Crippen LogP contribution in [0.5, 0.6) is 5.75 Å². The number of para-hydroxylation sites is 1. The summed E-state index contributed by atoms with van der Waals surface area (Å²) in [4.78, 5) is 12.0. The van der Waals surface area contributed by atoms with Crippen LogP contribution in [0.25, 0.3) is 0 Å². The topological polar surface area (TPSA) is 44.8 Å². The second kappa shape index (κ2) is 8.66. The molecule has 1 rings (SSSR count). The van der Waals surface area contributed by atoms with Crippen LogP contribution in [-0.4, -0.2) is 39.3 Å². The molecule has 0 N–H and O–H groups in total. The van der Waals surface area contributed by atoms with Gasteiger partial charge in [-0.2, -0.15) is 0 Å². The SMILES string of the molecule is CCOCCC(=O)c1ccccc1OCCOC. The van der Waals surface area contributed by atoms with Crippen molar-refractivity contribution in [3.8, 4) is 5.75 Å². The van der Waals surface area contributed by atoms with Gasteiger partial charge in [0.1, 0.15) is 12.4 Å². The lowest BCUT2D eigenvalue weighted by Gasteiger charge is -2.10. The molecule has 0 bridgehead atoms. The standard InChI is InChI=1S/C14H20O4/c1-3-17-9-8-13(15)12-6-4-5-7-14(12)18-11-10-16-2/h4-7H,3,8-11H2,1-2H3. The minimum Gasteiger partial charge on any atom is -0.490 e. The van der Waals surface area contributed by atoms with Gasteiger partial charge in [-0.25, -0.2) is 0 Å². The van der Waals surface area contributed by atoms with Crippen LogP contribution in [-0.2, 0) is 9.47 Å². The lowest BCUT2D eigenvalue weighted by molar-refractivity contribution is 0.0889. The molecule has 0 aliphatic rings. The number of carbonyl (C=O) groups is 1. The van der Waals surface area contributed by atoms with E-state index in [2.05, 4.69) is 0 Å². The number of methoxy groups -OCH3 is 1. The van der Waals surface area contributed by atoms with Crippen LogP contribution in [0.1, 0.15) is 23.7 Å². The number of rotatable bonds is 9. The van der Waals surface area contributed by atoms with Gasteiger partial charge in [0.15, 0.2) is 5.78 Å². The summed E-state index contributed by atoms with van der Waals surface area (Å²) in [7, 11) is 1.61. The molecule has 18 heavy (non-hydrogen) atoms. The second-order valence-electron chi connectivity index (χ2n) is 3.71. The summed E-state index contributed by atoms with van der Waals surface area (Å²) in [5.74, 6) is 0.646. The summed E-state index contributed by atoms with van der Waals surface area (Å²) in [6.45, 7) is 3.92. The summed E-state index contributed by atoms with van der Waals surface area (Å²) in [6.07, 6.45) is 0.374. The highest BCUT2D eigenvalue weighted by Gasteiger charge is 2.11. The molecule has 0 aliphatic carbocycles. The van der Waals surface area contributed by atoms with Crippen LogP contribution in [0, 0.1) is 0 Å². The van der Waals surface area contributed by atoms with Crippen molar-refractivity contribution in [3.63, 3.8) is 0 Å². The molecule has 0 unspecified atom stereocenters. The van der Waals surface area contributed by atoms with Crippen molar-refractivity contribution in [1.82, 2.24) is 0 Å². The molecule has 0 aromatic heterocycles. The van der Waals surface area contributed by atoms with Crippen LogP contribution in [0.2, 0.25) is 0 Å². The van der Waals surface area contributed by atoms with Crippen LogP contribution >= 0.6 is 0 Å². The Morgan fingerprint density at radius 3 is 2.67 bits per heavy atom. The molecule has 0 fully saturated rings. The lowest BCUT2D eigenvalue weighted by Crippen LogP contribution is -2.10. The third-order valence-electron chi connectivity index (χ3n) is 2.41. The smallest absolute Gasteiger partial charge is 0.168 e. The largest absolute Gasteiger partial charge is 0.490 e. The van der Waals surface area contributed by atoms with E-state index in [1.165, 1.54) is 0 Å². The van der Waals surface area contributed by atoms with E-state index in [1.54, 1.807) is 19.2 Å². The molecule has 0 heterocycles. The molecular formula is C14H20O4. The van der Waals surface area contributed by atoms with E-state index in [-0.39, 0.29) is 5.78 Å². The Labute approximate surface area is 108 Å². The Morgan fingerprint density at radius 1 is 1.17 bits per heavy atom. The lowest BCUT2D eigenvalue weighted by atomic mass is 10.1. The van der Waals surface area contributed by atoms with Gasteiger partial charge in [0, 0.05) is 20.1 Å². The maximum Gasteiger partial charge on any atom is 0.168 e. The summed E-state index contributed by atoms with van der Waals surface area (Å²) in [6, 6.07) is 7.25. The highest BCUT2D eigenvalue weighted by molar-refractivity contribution is 5.98. The summed E-state index contributed by atoms with van der Waals surface area (Å²) in [5, 5.41) is 0. The normalized spacial score (nSPS) is 10.3. The Morgan fingerprint density at radius 2 is 1.94 bits per heavy atom. The Bertz CT molecular complexity index is 363. The van der Waals surface area contributed by atoms with Crippen LogP contribution in [0.15, 0.2) is 24.3 Å². The van der Waals surface area contributed by atoms with Crippen LogP contribution in [0.3, 0.4) is 0 Å². The van der Waals surface area contributed by atoms with Crippen molar-refractivity contribution < 1.29 is 19.0 Å². The first-order valence-corrected chi connectivity index (χ1v) is 6.11. The molecule has 1 aromatic rings. The van der Waals surface area contributed by atoms with Gasteiger partial charge < -0.3 is 14.2 Å². The minimum absolute atomic E-state index is 0.0384. The fourth-order valence-electron chi connectivity index (χ4n) is 1.50. The Kier molecular flexibility index (Phi) is 7.06. The van der Waals surface area contributed by atoms with Gasteiger partial charge in [-0.3, -0.25) is 4.79 Å². The van der Waals surface area contributed by atoms with E-state index in [4.69, 9.17) is 14.2 Å². The number of ketones is 1. The summed E-state index contributed by atoms with van der Waals surface area (Å²) >= 11 is 0. The number of ether oxygens (including phenoxy) is 3. The average Bonchev–Trinajstić information content (AvgIpc) is 2.40. The summed E-state index contributed by atoms with van der Waals surface area (Å²) in [5.41, 5.74) is 0.605. The van der Waals surface area contributed by atoms with Crippen molar-refractivity contribution in [3.05, 3.63) is 29.8 Å². The van der Waals surface area contributed by atoms with Crippen molar-refractivity contribution in [2.45, 2.75) is 13.3 Å². The molecule has 4 heteroatoms. The van der Waals surface area contributed by atoms with E-state index in [0.29, 0.717) is 44.2 Å². The zero-order valence-electron chi connectivity index (χ0n) is 11.0. The van der Waals surface area contributed by atoms with Gasteiger partial charge in [-0.05, 0) is 19.1 Å². The van der Waals surface area contributed by atoms with E-state index in [0.717, 1.165) is 0 Å². The van der Waals surface area contributed by atoms with Crippen LogP contribution < -0.4 is 4.74 Å². The summed E-state index contributed by atoms with van der Waals surface area (Å²) < 4.78 is 15.6. The monoisotopic (exact) mass is 252 g/mol. The third kappa shape index (κ3) is 4.85. The quantitative estimate of drug-likeness (QED) is 0.500. The molecule has 0 aliphatic heterocycles. The molecule has 4 nitrogen and oxygen atoms in total. The van der Waals surface area contributed by atoms with Crippen molar-refractivity contribution in [1.29, 1.82) is 0 Å². The minimum atomic E-state index is 0.0384. The number of benzene rings is 1. The fourth-order valence-corrected chi connectivity index (χ4v) is 1.50. The number of carbonyl (C=O) groups excluding carboxylic acids is 1. The van der Waals surface area contributed by atoms with E-state index in [1.807, 2.05) is 19.1 Å². The highest BCUT2D eigenvalue weighted by atomic mass is 16.5. The maximum atomic E-state index is 12.0. The van der Waals surface area contributed by atoms with Gasteiger partial charge in [0.25, 0.3) is 0 Å². The van der Waals surface area contributed by atoms with Gasteiger partial charge in [0.2, 0.25) is 0 Å². The number of Topliss-reactive ketones (excluding diaryl/α,β-unsaturated/α-hetero) is 1. The Hall–Kier alpha value is -1.39. The molecule has 0 saturated carbocycles. The van der Waals surface area contributed by atoms with Gasteiger partial charge in [0.05, 0.1) is 18.8 Å². The third-order valence-corrected chi connectivity index (χ3v) is 2.41. The van der Waals surface area contributed by atoms with Crippen LogP contribution in [0.4, 0.5) is 0 Å². The predicted molar refractivity (Wildman–Crippen MR) is 69.3 cm³/mol. The van der Waals surface area contributed by atoms with Crippen molar-refractivity contribution in [2.24, 2.45) is 0 Å². The first-order valence-electron chi connectivity index (χ1n) is 6.11. The van der Waals surface area contributed by atoms with E-state index >= 15 is 0 Å². The number of hydrogen-bond acceptors (Lipinski definition) is 4. The second-order valence-corrected chi connectivity index (χ2v) is 3.71. The molecule has 0 atom stereocenters. The molecular weight excluding hydrogens is 232 g/mol. The molecule has 0 radical (unpaired) electrons. The first kappa shape index (κ1) is 14.7. The fraction of sp³-hybridized carbons (Fsp3) is 0.500. The molecule has 0 spiro atoms. The molecule has 100 valence electrons. The zero-order chi connectivity index (χ0) is 13.2. The first-order chi connectivity index (χ1) is 8.79. The molecule has 1 aromatic carbocycles. The van der Waals surface area contributed by atoms with E-state index in [9.17, 15) is 4.79 Å². The van der Waals surface area contributed by atoms with Crippen molar-refractivity contribution >= 4 is 5.78 Å². The predicted octanol–water partition coefficient (Wildman–Crippen LogP) is 2.32. The van der Waals surface area contributed by atoms with Gasteiger partial charge >= 0.3 is 0 Å². The van der Waals surface area contributed by atoms with Gasteiger partial charge in [-0.1, -0.05) is 12.1 Å².